The van der Waals surface area contributed by atoms with Crippen molar-refractivity contribution in [2.45, 2.75) is 40.3 Å². The molecule has 0 aliphatic heterocycles. The predicted octanol–water partition coefficient (Wildman–Crippen LogP) is 3.30. The topological polar surface area (TPSA) is 67.1 Å². The summed E-state index contributed by atoms with van der Waals surface area (Å²) in [6, 6.07) is 10.4. The second-order valence-corrected chi connectivity index (χ2v) is 7.93. The van der Waals surface area contributed by atoms with E-state index < -0.39 is 0 Å². The van der Waals surface area contributed by atoms with E-state index in [9.17, 15) is 0 Å². The molecular formula is C21H28N6S. The van der Waals surface area contributed by atoms with Gasteiger partial charge in [-0.05, 0) is 38.0 Å². The van der Waals surface area contributed by atoms with E-state index >= 15 is 0 Å². The monoisotopic (exact) mass is 396 g/mol. The van der Waals surface area contributed by atoms with Crippen LogP contribution < -0.4 is 10.6 Å². The van der Waals surface area contributed by atoms with E-state index in [1.807, 2.05) is 16.9 Å². The van der Waals surface area contributed by atoms with Crippen molar-refractivity contribution >= 4 is 17.3 Å². The van der Waals surface area contributed by atoms with Crippen LogP contribution in [0.25, 0.3) is 0 Å². The lowest BCUT2D eigenvalue weighted by Crippen LogP contribution is -2.38. The van der Waals surface area contributed by atoms with E-state index in [1.165, 1.54) is 21.0 Å². The standard InChI is InChI=1S/C21H28N6S/c1-4-22-21(23-11-9-20-26-16(2)17(3)28-20)24-14-18-7-5-8-19(13-18)15-27-12-6-10-25-27/h5-8,10,12-13H,4,9,11,14-15H2,1-3H3,(H2,22,23,24). The van der Waals surface area contributed by atoms with Gasteiger partial charge < -0.3 is 10.6 Å². The van der Waals surface area contributed by atoms with Gasteiger partial charge >= 0.3 is 0 Å². The fourth-order valence-electron chi connectivity index (χ4n) is 2.85. The first-order chi connectivity index (χ1) is 13.6. The maximum absolute atomic E-state index is 4.73. The van der Waals surface area contributed by atoms with E-state index in [-0.39, 0.29) is 0 Å². The molecule has 0 aliphatic rings. The van der Waals surface area contributed by atoms with Crippen LogP contribution in [0, 0.1) is 13.8 Å². The molecule has 0 unspecified atom stereocenters. The van der Waals surface area contributed by atoms with Crippen molar-refractivity contribution in [2.24, 2.45) is 4.99 Å². The minimum absolute atomic E-state index is 0.637. The van der Waals surface area contributed by atoms with Crippen LogP contribution in [0.5, 0.6) is 0 Å². The Morgan fingerprint density at radius 2 is 2.04 bits per heavy atom. The van der Waals surface area contributed by atoms with Crippen molar-refractivity contribution < 1.29 is 0 Å². The molecule has 0 radical (unpaired) electrons. The normalized spacial score (nSPS) is 11.6. The van der Waals surface area contributed by atoms with Crippen LogP contribution in [-0.2, 0) is 19.5 Å². The van der Waals surface area contributed by atoms with E-state index in [0.29, 0.717) is 6.54 Å². The Bertz CT molecular complexity index is 878. The number of nitrogens with one attached hydrogen (secondary N) is 2. The molecule has 3 aromatic rings. The number of aliphatic imine (C=N–C) groups is 1. The second kappa shape index (κ2) is 10.0. The number of hydrogen-bond donors (Lipinski definition) is 2. The molecular weight excluding hydrogens is 368 g/mol. The van der Waals surface area contributed by atoms with Gasteiger partial charge in [-0.1, -0.05) is 24.3 Å². The van der Waals surface area contributed by atoms with E-state index in [4.69, 9.17) is 4.99 Å². The molecule has 0 spiro atoms. The number of thiazole rings is 1. The first-order valence-corrected chi connectivity index (χ1v) is 10.5. The van der Waals surface area contributed by atoms with Gasteiger partial charge in [0.1, 0.15) is 0 Å². The van der Waals surface area contributed by atoms with Crippen LogP contribution >= 0.6 is 11.3 Å². The Morgan fingerprint density at radius 1 is 1.18 bits per heavy atom. The van der Waals surface area contributed by atoms with Crippen molar-refractivity contribution in [2.75, 3.05) is 13.1 Å². The molecule has 1 aromatic carbocycles. The molecule has 0 amide bonds. The first kappa shape index (κ1) is 20.1. The maximum Gasteiger partial charge on any atom is 0.191 e. The summed E-state index contributed by atoms with van der Waals surface area (Å²) in [6.45, 7) is 9.33. The predicted molar refractivity (Wildman–Crippen MR) is 116 cm³/mol. The molecule has 0 aliphatic carbocycles. The van der Waals surface area contributed by atoms with Gasteiger partial charge in [0.15, 0.2) is 5.96 Å². The van der Waals surface area contributed by atoms with E-state index in [1.54, 1.807) is 17.5 Å². The van der Waals surface area contributed by atoms with Crippen molar-refractivity contribution in [1.82, 2.24) is 25.4 Å². The van der Waals surface area contributed by atoms with Gasteiger partial charge in [-0.2, -0.15) is 5.10 Å². The number of guanidine groups is 1. The molecule has 0 saturated carbocycles. The molecule has 28 heavy (non-hydrogen) atoms. The second-order valence-electron chi connectivity index (χ2n) is 6.64. The minimum Gasteiger partial charge on any atom is -0.357 e. The van der Waals surface area contributed by atoms with Crippen LogP contribution in [0.3, 0.4) is 0 Å². The summed E-state index contributed by atoms with van der Waals surface area (Å²) in [5, 5.41) is 12.2. The summed E-state index contributed by atoms with van der Waals surface area (Å²) in [5.41, 5.74) is 3.55. The molecule has 0 fully saturated rings. The van der Waals surface area contributed by atoms with Gasteiger partial charge in [0.05, 0.1) is 23.8 Å². The summed E-state index contributed by atoms with van der Waals surface area (Å²) in [7, 11) is 0. The third-order valence-electron chi connectivity index (χ3n) is 4.36. The first-order valence-electron chi connectivity index (χ1n) is 9.64. The Labute approximate surface area is 170 Å². The number of hydrogen-bond acceptors (Lipinski definition) is 4. The maximum atomic E-state index is 4.73. The summed E-state index contributed by atoms with van der Waals surface area (Å²) < 4.78 is 1.93. The number of aromatic nitrogens is 3. The zero-order chi connectivity index (χ0) is 19.8. The molecule has 148 valence electrons. The average Bonchev–Trinajstić information content (AvgIpc) is 3.30. The highest BCUT2D eigenvalue weighted by Crippen LogP contribution is 2.16. The fourth-order valence-corrected chi connectivity index (χ4v) is 3.79. The highest BCUT2D eigenvalue weighted by Gasteiger charge is 2.04. The van der Waals surface area contributed by atoms with E-state index in [2.05, 4.69) is 65.8 Å². The van der Waals surface area contributed by atoms with Gasteiger partial charge in [-0.25, -0.2) is 9.98 Å². The van der Waals surface area contributed by atoms with Crippen LogP contribution in [0.1, 0.15) is 33.6 Å². The number of benzene rings is 1. The van der Waals surface area contributed by atoms with Gasteiger partial charge in [0, 0.05) is 36.8 Å². The lowest BCUT2D eigenvalue weighted by Gasteiger charge is -2.11. The molecule has 0 atom stereocenters. The molecule has 0 saturated heterocycles. The van der Waals surface area contributed by atoms with Crippen LogP contribution in [-0.4, -0.2) is 33.8 Å². The Balaban J connectivity index is 1.56. The SMILES string of the molecule is CCNC(=NCc1cccc(Cn2cccn2)c1)NCCc1nc(C)c(C)s1. The molecule has 2 heterocycles. The van der Waals surface area contributed by atoms with E-state index in [0.717, 1.165) is 37.7 Å². The molecule has 6 nitrogen and oxygen atoms in total. The quantitative estimate of drug-likeness (QED) is 0.453. The highest BCUT2D eigenvalue weighted by atomic mass is 32.1. The van der Waals surface area contributed by atoms with Crippen LogP contribution in [0.15, 0.2) is 47.7 Å². The molecule has 2 aromatic heterocycles. The lowest BCUT2D eigenvalue weighted by atomic mass is 10.1. The smallest absolute Gasteiger partial charge is 0.191 e. The Hall–Kier alpha value is -2.67. The van der Waals surface area contributed by atoms with Gasteiger partial charge in [-0.3, -0.25) is 4.68 Å². The zero-order valence-electron chi connectivity index (χ0n) is 16.8. The van der Waals surface area contributed by atoms with Gasteiger partial charge in [0.2, 0.25) is 0 Å². The van der Waals surface area contributed by atoms with Crippen molar-refractivity contribution in [3.05, 3.63) is 69.4 Å². The number of nitrogens with zero attached hydrogens (tertiary/aromatic N) is 4. The van der Waals surface area contributed by atoms with Crippen molar-refractivity contribution in [3.63, 3.8) is 0 Å². The summed E-state index contributed by atoms with van der Waals surface area (Å²) in [4.78, 5) is 10.6. The lowest BCUT2D eigenvalue weighted by molar-refractivity contribution is 0.686. The largest absolute Gasteiger partial charge is 0.357 e. The Kier molecular flexibility index (Phi) is 7.19. The molecule has 0 bridgehead atoms. The highest BCUT2D eigenvalue weighted by molar-refractivity contribution is 7.11. The summed E-state index contributed by atoms with van der Waals surface area (Å²) >= 11 is 1.77. The van der Waals surface area contributed by atoms with Gasteiger partial charge in [0.25, 0.3) is 0 Å². The fraction of sp³-hybridized carbons (Fsp3) is 0.381. The number of aryl methyl sites for hydroxylation is 2. The summed E-state index contributed by atoms with van der Waals surface area (Å²) in [5.74, 6) is 0.838. The molecule has 3 rings (SSSR count). The zero-order valence-corrected chi connectivity index (χ0v) is 17.6. The van der Waals surface area contributed by atoms with Crippen molar-refractivity contribution in [1.29, 1.82) is 0 Å². The number of rotatable bonds is 8. The van der Waals surface area contributed by atoms with Gasteiger partial charge in [-0.15, -0.1) is 11.3 Å². The molecule has 2 N–H and O–H groups in total. The van der Waals surface area contributed by atoms with Crippen LogP contribution in [0.2, 0.25) is 0 Å². The summed E-state index contributed by atoms with van der Waals surface area (Å²) in [6.07, 6.45) is 4.68. The third kappa shape index (κ3) is 5.92. The third-order valence-corrected chi connectivity index (χ3v) is 5.50. The van der Waals surface area contributed by atoms with Crippen LogP contribution in [0.4, 0.5) is 0 Å². The van der Waals surface area contributed by atoms with Crippen molar-refractivity contribution in [3.8, 4) is 0 Å². The average molecular weight is 397 g/mol. The minimum atomic E-state index is 0.637. The Morgan fingerprint density at radius 3 is 2.75 bits per heavy atom. The molecule has 7 heteroatoms.